The van der Waals surface area contributed by atoms with E-state index in [4.69, 9.17) is 9.15 Å². The van der Waals surface area contributed by atoms with E-state index in [-0.39, 0.29) is 0 Å². The van der Waals surface area contributed by atoms with Crippen LogP contribution in [0.15, 0.2) is 53.1 Å². The maximum absolute atomic E-state index is 5.63. The normalized spacial score (nSPS) is 11.1. The molecule has 108 valence electrons. The van der Waals surface area contributed by atoms with Gasteiger partial charge < -0.3 is 14.5 Å². The average Bonchev–Trinajstić information content (AvgIpc) is 3.00. The second-order valence-electron chi connectivity index (χ2n) is 4.84. The zero-order valence-electron chi connectivity index (χ0n) is 12.0. The summed E-state index contributed by atoms with van der Waals surface area (Å²) in [6, 6.07) is 14.4. The van der Waals surface area contributed by atoms with E-state index >= 15 is 0 Å². The Labute approximate surface area is 123 Å². The first-order valence-corrected chi connectivity index (χ1v) is 7.00. The Morgan fingerprint density at radius 1 is 1.14 bits per heavy atom. The molecule has 0 aliphatic rings. The number of fused-ring (bicyclic) bond motifs is 1. The smallest absolute Gasteiger partial charge is 0.226 e. The van der Waals surface area contributed by atoms with E-state index in [1.165, 1.54) is 5.39 Å². The zero-order chi connectivity index (χ0) is 14.5. The van der Waals surface area contributed by atoms with Gasteiger partial charge in [0.1, 0.15) is 6.26 Å². The lowest BCUT2D eigenvalue weighted by Gasteiger charge is -2.02. The van der Waals surface area contributed by atoms with Gasteiger partial charge in [0.25, 0.3) is 0 Å². The van der Waals surface area contributed by atoms with Gasteiger partial charge in [-0.1, -0.05) is 36.4 Å². The molecule has 21 heavy (non-hydrogen) atoms. The van der Waals surface area contributed by atoms with Crippen LogP contribution in [-0.4, -0.2) is 25.2 Å². The van der Waals surface area contributed by atoms with E-state index in [1.807, 2.05) is 24.3 Å². The Hall–Kier alpha value is -2.17. The van der Waals surface area contributed by atoms with Crippen LogP contribution in [0.2, 0.25) is 0 Å². The number of oxazole rings is 1. The average molecular weight is 282 g/mol. The molecule has 0 bridgehead atoms. The van der Waals surface area contributed by atoms with Gasteiger partial charge in [-0.05, 0) is 16.8 Å². The number of methoxy groups -OCH3 is 1. The fourth-order valence-electron chi connectivity index (χ4n) is 2.31. The molecule has 0 atom stereocenters. The minimum atomic E-state index is 0.662. The van der Waals surface area contributed by atoms with E-state index in [2.05, 4.69) is 28.5 Å². The summed E-state index contributed by atoms with van der Waals surface area (Å²) in [5.41, 5.74) is 1.92. The number of nitrogens with zero attached hydrogens (tertiary/aromatic N) is 1. The van der Waals surface area contributed by atoms with Gasteiger partial charge in [0.2, 0.25) is 5.89 Å². The highest BCUT2D eigenvalue weighted by atomic mass is 16.5. The number of rotatable bonds is 6. The maximum Gasteiger partial charge on any atom is 0.226 e. The minimum Gasteiger partial charge on any atom is -0.444 e. The molecule has 0 aliphatic carbocycles. The van der Waals surface area contributed by atoms with Gasteiger partial charge in [-0.15, -0.1) is 0 Å². The molecule has 4 nitrogen and oxygen atoms in total. The zero-order valence-corrected chi connectivity index (χ0v) is 12.0. The summed E-state index contributed by atoms with van der Waals surface area (Å²) in [7, 11) is 1.69. The van der Waals surface area contributed by atoms with Crippen molar-refractivity contribution in [3.8, 4) is 11.5 Å². The Kier molecular flexibility index (Phi) is 4.28. The molecule has 3 aromatic rings. The topological polar surface area (TPSA) is 47.3 Å². The highest BCUT2D eigenvalue weighted by Gasteiger charge is 2.09. The van der Waals surface area contributed by atoms with Crippen molar-refractivity contribution in [2.75, 3.05) is 20.3 Å². The van der Waals surface area contributed by atoms with Crippen molar-refractivity contribution in [3.05, 3.63) is 54.4 Å². The lowest BCUT2D eigenvalue weighted by atomic mass is 10.0. The molecule has 1 heterocycles. The van der Waals surface area contributed by atoms with Gasteiger partial charge in [-0.2, -0.15) is 0 Å². The highest BCUT2D eigenvalue weighted by molar-refractivity contribution is 5.94. The third-order valence-electron chi connectivity index (χ3n) is 3.36. The van der Waals surface area contributed by atoms with Crippen molar-refractivity contribution >= 4 is 10.8 Å². The highest BCUT2D eigenvalue weighted by Crippen LogP contribution is 2.27. The van der Waals surface area contributed by atoms with Crippen molar-refractivity contribution < 1.29 is 9.15 Å². The van der Waals surface area contributed by atoms with Gasteiger partial charge in [0.05, 0.1) is 12.3 Å². The van der Waals surface area contributed by atoms with E-state index in [9.17, 15) is 0 Å². The first-order chi connectivity index (χ1) is 10.4. The lowest BCUT2D eigenvalue weighted by molar-refractivity contribution is 0.199. The second-order valence-corrected chi connectivity index (χ2v) is 4.84. The third kappa shape index (κ3) is 3.12. The van der Waals surface area contributed by atoms with E-state index in [0.29, 0.717) is 19.0 Å². The van der Waals surface area contributed by atoms with Crippen molar-refractivity contribution in [1.82, 2.24) is 10.3 Å². The summed E-state index contributed by atoms with van der Waals surface area (Å²) in [4.78, 5) is 4.56. The fraction of sp³-hybridized carbons (Fsp3) is 0.235. The first-order valence-electron chi connectivity index (χ1n) is 7.00. The Balaban J connectivity index is 1.81. The third-order valence-corrected chi connectivity index (χ3v) is 3.36. The molecule has 0 radical (unpaired) electrons. The molecule has 4 heteroatoms. The second kappa shape index (κ2) is 6.52. The molecule has 0 spiro atoms. The van der Waals surface area contributed by atoms with Crippen LogP contribution in [0.1, 0.15) is 5.69 Å². The van der Waals surface area contributed by atoms with Crippen LogP contribution in [0.3, 0.4) is 0 Å². The number of aromatic nitrogens is 1. The van der Waals surface area contributed by atoms with Gasteiger partial charge in [-0.25, -0.2) is 4.98 Å². The van der Waals surface area contributed by atoms with E-state index in [1.54, 1.807) is 13.4 Å². The molecule has 0 fully saturated rings. The number of benzene rings is 2. The van der Waals surface area contributed by atoms with Gasteiger partial charge >= 0.3 is 0 Å². The van der Waals surface area contributed by atoms with E-state index in [0.717, 1.165) is 23.2 Å². The number of hydrogen-bond donors (Lipinski definition) is 1. The summed E-state index contributed by atoms with van der Waals surface area (Å²) in [6.45, 7) is 2.17. The van der Waals surface area contributed by atoms with Crippen LogP contribution in [0.4, 0.5) is 0 Å². The summed E-state index contributed by atoms with van der Waals surface area (Å²) in [5.74, 6) is 0.662. The molecule has 3 rings (SSSR count). The fourth-order valence-corrected chi connectivity index (χ4v) is 2.31. The standard InChI is InChI=1S/C17H18N2O2/c1-20-10-9-18-11-14-12-21-17(19-14)16-8-4-6-13-5-2-3-7-15(13)16/h2-8,12,18H,9-11H2,1H3. The number of nitrogens with one attached hydrogen (secondary N) is 1. The van der Waals surface area contributed by atoms with Crippen LogP contribution in [-0.2, 0) is 11.3 Å². The Bertz CT molecular complexity index is 716. The SMILES string of the molecule is COCCNCc1coc(-c2cccc3ccccc23)n1. The molecule has 0 saturated heterocycles. The molecule has 1 N–H and O–H groups in total. The quantitative estimate of drug-likeness (QED) is 0.705. The molecule has 0 unspecified atom stereocenters. The minimum absolute atomic E-state index is 0.662. The van der Waals surface area contributed by atoms with Crippen LogP contribution in [0.5, 0.6) is 0 Å². The molecule has 1 aromatic heterocycles. The molecule has 0 saturated carbocycles. The van der Waals surface area contributed by atoms with E-state index < -0.39 is 0 Å². The van der Waals surface area contributed by atoms with Crippen molar-refractivity contribution in [1.29, 1.82) is 0 Å². The van der Waals surface area contributed by atoms with Crippen LogP contribution < -0.4 is 5.32 Å². The van der Waals surface area contributed by atoms with Gasteiger partial charge in [-0.3, -0.25) is 0 Å². The van der Waals surface area contributed by atoms with Gasteiger partial charge in [0, 0.05) is 25.8 Å². The van der Waals surface area contributed by atoms with Crippen LogP contribution in [0.25, 0.3) is 22.2 Å². The van der Waals surface area contributed by atoms with Crippen molar-refractivity contribution in [3.63, 3.8) is 0 Å². The van der Waals surface area contributed by atoms with Crippen LogP contribution in [0, 0.1) is 0 Å². The van der Waals surface area contributed by atoms with Crippen molar-refractivity contribution in [2.24, 2.45) is 0 Å². The number of hydrogen-bond acceptors (Lipinski definition) is 4. The monoisotopic (exact) mass is 282 g/mol. The van der Waals surface area contributed by atoms with Crippen LogP contribution >= 0.6 is 0 Å². The molecular weight excluding hydrogens is 264 g/mol. The summed E-state index contributed by atoms with van der Waals surface area (Å²) in [6.07, 6.45) is 1.71. The Morgan fingerprint density at radius 3 is 2.90 bits per heavy atom. The molecule has 2 aromatic carbocycles. The predicted octanol–water partition coefficient (Wildman–Crippen LogP) is 3.23. The van der Waals surface area contributed by atoms with Gasteiger partial charge in [0.15, 0.2) is 0 Å². The molecular formula is C17H18N2O2. The largest absolute Gasteiger partial charge is 0.444 e. The number of ether oxygens (including phenoxy) is 1. The summed E-state index contributed by atoms with van der Waals surface area (Å²) < 4.78 is 10.6. The predicted molar refractivity (Wildman–Crippen MR) is 83.0 cm³/mol. The maximum atomic E-state index is 5.63. The first kappa shape index (κ1) is 13.8. The van der Waals surface area contributed by atoms with Crippen molar-refractivity contribution in [2.45, 2.75) is 6.54 Å². The Morgan fingerprint density at radius 2 is 2.00 bits per heavy atom. The molecule has 0 aliphatic heterocycles. The summed E-state index contributed by atoms with van der Waals surface area (Å²) >= 11 is 0. The lowest BCUT2D eigenvalue weighted by Crippen LogP contribution is -2.18. The summed E-state index contributed by atoms with van der Waals surface area (Å²) in [5, 5.41) is 5.60. The molecule has 0 amide bonds.